The number of hydrogen-bond donors (Lipinski definition) is 1. The summed E-state index contributed by atoms with van der Waals surface area (Å²) in [4.78, 5) is 13.6. The minimum absolute atomic E-state index is 0.497. The number of hydrogen-bond acceptors (Lipinski definition) is 6. The van der Waals surface area contributed by atoms with Crippen molar-refractivity contribution < 1.29 is 0 Å². The van der Waals surface area contributed by atoms with Crippen LogP contribution in [-0.4, -0.2) is 57.9 Å². The maximum atomic E-state index is 6.02. The first-order valence-electron chi connectivity index (χ1n) is 7.47. The zero-order valence-corrected chi connectivity index (χ0v) is 13.0. The number of rotatable bonds is 4. The van der Waals surface area contributed by atoms with Crippen LogP contribution in [0.1, 0.15) is 13.3 Å². The first-order chi connectivity index (χ1) is 10.1. The van der Waals surface area contributed by atoms with Gasteiger partial charge in [0.2, 0.25) is 5.95 Å². The van der Waals surface area contributed by atoms with Crippen LogP contribution < -0.4 is 10.6 Å². The van der Waals surface area contributed by atoms with Crippen LogP contribution in [0.15, 0.2) is 6.20 Å². The molecule has 0 radical (unpaired) electrons. The third-order valence-electron chi connectivity index (χ3n) is 4.30. The molecule has 3 rings (SSSR count). The van der Waals surface area contributed by atoms with Crippen molar-refractivity contribution in [2.75, 3.05) is 43.9 Å². The van der Waals surface area contributed by atoms with Gasteiger partial charge in [-0.2, -0.15) is 15.1 Å². The number of anilines is 2. The lowest BCUT2D eigenvalue weighted by Gasteiger charge is -2.21. The molecule has 1 aliphatic rings. The quantitative estimate of drug-likeness (QED) is 0.894. The van der Waals surface area contributed by atoms with E-state index in [1.54, 1.807) is 10.9 Å². The van der Waals surface area contributed by atoms with Crippen molar-refractivity contribution in [1.29, 1.82) is 0 Å². The summed E-state index contributed by atoms with van der Waals surface area (Å²) in [6, 6.07) is 0. The van der Waals surface area contributed by atoms with E-state index in [1.165, 1.54) is 13.0 Å². The maximum Gasteiger partial charge on any atom is 0.229 e. The Labute approximate surface area is 124 Å². The second-order valence-electron chi connectivity index (χ2n) is 5.84. The van der Waals surface area contributed by atoms with E-state index in [4.69, 9.17) is 5.73 Å². The highest BCUT2D eigenvalue weighted by Crippen LogP contribution is 2.22. The van der Waals surface area contributed by atoms with E-state index in [9.17, 15) is 0 Å². The normalized spacial score (nSPS) is 19.5. The summed E-state index contributed by atoms with van der Waals surface area (Å²) in [6.07, 6.45) is 2.95. The van der Waals surface area contributed by atoms with E-state index in [0.29, 0.717) is 17.7 Å². The summed E-state index contributed by atoms with van der Waals surface area (Å²) in [7, 11) is 3.90. The van der Waals surface area contributed by atoms with Gasteiger partial charge in [-0.25, -0.2) is 0 Å². The Balaban J connectivity index is 1.78. The van der Waals surface area contributed by atoms with Crippen LogP contribution in [0.25, 0.3) is 11.0 Å². The first kappa shape index (κ1) is 14.1. The van der Waals surface area contributed by atoms with Crippen LogP contribution in [0, 0.1) is 5.92 Å². The fourth-order valence-electron chi connectivity index (χ4n) is 3.02. The van der Waals surface area contributed by atoms with Crippen molar-refractivity contribution in [2.24, 2.45) is 13.0 Å². The standard InChI is InChI=1S/C14H23N7/c1-4-21-6-5-10(9-21)8-19(2)14-17-12(15)11-7-16-20(3)13(11)18-14/h7,10H,4-6,8-9H2,1-3H3,(H2,15,17,18). The molecule has 0 bridgehead atoms. The highest BCUT2D eigenvalue weighted by atomic mass is 15.3. The Morgan fingerprint density at radius 3 is 2.95 bits per heavy atom. The Bertz CT molecular complexity index is 636. The van der Waals surface area contributed by atoms with Crippen molar-refractivity contribution in [2.45, 2.75) is 13.3 Å². The van der Waals surface area contributed by atoms with E-state index in [2.05, 4.69) is 31.8 Å². The van der Waals surface area contributed by atoms with Gasteiger partial charge in [0.05, 0.1) is 11.6 Å². The molecule has 1 unspecified atom stereocenters. The number of aromatic nitrogens is 4. The largest absolute Gasteiger partial charge is 0.383 e. The Hall–Kier alpha value is -1.89. The predicted molar refractivity (Wildman–Crippen MR) is 84.2 cm³/mol. The van der Waals surface area contributed by atoms with E-state index < -0.39 is 0 Å². The summed E-state index contributed by atoms with van der Waals surface area (Å²) >= 11 is 0. The van der Waals surface area contributed by atoms with Crippen LogP contribution in [0.5, 0.6) is 0 Å². The molecule has 1 aliphatic heterocycles. The summed E-state index contributed by atoms with van der Waals surface area (Å²) in [5, 5.41) is 5.00. The van der Waals surface area contributed by atoms with Gasteiger partial charge >= 0.3 is 0 Å². The lowest BCUT2D eigenvalue weighted by Crippen LogP contribution is -2.29. The Kier molecular flexibility index (Phi) is 3.67. The average Bonchev–Trinajstić information content (AvgIpc) is 3.06. The molecule has 7 heteroatoms. The number of nitrogen functional groups attached to an aromatic ring is 1. The second-order valence-corrected chi connectivity index (χ2v) is 5.84. The van der Waals surface area contributed by atoms with Gasteiger partial charge in [-0.3, -0.25) is 4.68 Å². The summed E-state index contributed by atoms with van der Waals surface area (Å²) < 4.78 is 1.74. The average molecular weight is 289 g/mol. The highest BCUT2D eigenvalue weighted by Gasteiger charge is 2.23. The minimum Gasteiger partial charge on any atom is -0.383 e. The number of aryl methyl sites for hydroxylation is 1. The van der Waals surface area contributed by atoms with Gasteiger partial charge in [-0.15, -0.1) is 0 Å². The SMILES string of the molecule is CCN1CCC(CN(C)c2nc(N)c3cnn(C)c3n2)C1. The van der Waals surface area contributed by atoms with Gasteiger partial charge in [0.25, 0.3) is 0 Å². The molecular formula is C14H23N7. The van der Waals surface area contributed by atoms with Gasteiger partial charge in [-0.1, -0.05) is 6.92 Å². The molecule has 3 heterocycles. The highest BCUT2D eigenvalue weighted by molar-refractivity contribution is 5.86. The smallest absolute Gasteiger partial charge is 0.229 e. The van der Waals surface area contributed by atoms with Crippen molar-refractivity contribution in [3.63, 3.8) is 0 Å². The van der Waals surface area contributed by atoms with Crippen LogP contribution in [-0.2, 0) is 7.05 Å². The molecule has 2 N–H and O–H groups in total. The molecule has 0 amide bonds. The van der Waals surface area contributed by atoms with Gasteiger partial charge < -0.3 is 15.5 Å². The first-order valence-corrected chi connectivity index (χ1v) is 7.47. The fraction of sp³-hybridized carbons (Fsp3) is 0.643. The van der Waals surface area contributed by atoms with E-state index in [0.717, 1.165) is 30.7 Å². The molecule has 1 atom stereocenters. The third kappa shape index (κ3) is 2.65. The molecule has 1 saturated heterocycles. The molecule has 0 aliphatic carbocycles. The van der Waals surface area contributed by atoms with E-state index in [1.807, 2.05) is 14.1 Å². The second kappa shape index (κ2) is 5.48. The van der Waals surface area contributed by atoms with Crippen molar-refractivity contribution in [3.8, 4) is 0 Å². The lowest BCUT2D eigenvalue weighted by molar-refractivity contribution is 0.343. The molecule has 2 aromatic heterocycles. The zero-order valence-electron chi connectivity index (χ0n) is 13.0. The third-order valence-corrected chi connectivity index (χ3v) is 4.30. The number of likely N-dealkylation sites (tertiary alicyclic amines) is 1. The molecule has 21 heavy (non-hydrogen) atoms. The van der Waals surface area contributed by atoms with Crippen molar-refractivity contribution in [3.05, 3.63) is 6.20 Å². The maximum absolute atomic E-state index is 6.02. The lowest BCUT2D eigenvalue weighted by atomic mass is 10.1. The number of nitrogens with two attached hydrogens (primary N) is 1. The van der Waals surface area contributed by atoms with E-state index >= 15 is 0 Å². The molecular weight excluding hydrogens is 266 g/mol. The number of fused-ring (bicyclic) bond motifs is 1. The Morgan fingerprint density at radius 1 is 1.43 bits per heavy atom. The zero-order chi connectivity index (χ0) is 15.0. The van der Waals surface area contributed by atoms with Crippen LogP contribution in [0.4, 0.5) is 11.8 Å². The predicted octanol–water partition coefficient (Wildman–Crippen LogP) is 0.723. The molecule has 114 valence electrons. The molecule has 7 nitrogen and oxygen atoms in total. The van der Waals surface area contributed by atoms with Gasteiger partial charge in [0.1, 0.15) is 5.82 Å². The minimum atomic E-state index is 0.497. The number of nitrogens with zero attached hydrogens (tertiary/aromatic N) is 6. The van der Waals surface area contributed by atoms with Crippen LogP contribution >= 0.6 is 0 Å². The molecule has 0 saturated carbocycles. The molecule has 1 fully saturated rings. The van der Waals surface area contributed by atoms with Crippen molar-refractivity contribution >= 4 is 22.8 Å². The van der Waals surface area contributed by atoms with Gasteiger partial charge in [0.15, 0.2) is 5.65 Å². The summed E-state index contributed by atoms with van der Waals surface area (Å²) in [5.74, 6) is 1.84. The summed E-state index contributed by atoms with van der Waals surface area (Å²) in [5.41, 5.74) is 6.80. The molecule has 0 aromatic carbocycles. The van der Waals surface area contributed by atoms with Gasteiger partial charge in [0, 0.05) is 27.2 Å². The van der Waals surface area contributed by atoms with Crippen molar-refractivity contribution in [1.82, 2.24) is 24.6 Å². The molecule has 0 spiro atoms. The fourth-order valence-corrected chi connectivity index (χ4v) is 3.02. The topological polar surface area (TPSA) is 76.1 Å². The molecule has 2 aromatic rings. The monoisotopic (exact) mass is 289 g/mol. The summed E-state index contributed by atoms with van der Waals surface area (Å²) in [6.45, 7) is 6.65. The van der Waals surface area contributed by atoms with Crippen LogP contribution in [0.3, 0.4) is 0 Å². The van der Waals surface area contributed by atoms with Crippen LogP contribution in [0.2, 0.25) is 0 Å². The Morgan fingerprint density at radius 2 is 2.24 bits per heavy atom. The van der Waals surface area contributed by atoms with E-state index in [-0.39, 0.29) is 0 Å². The van der Waals surface area contributed by atoms with Gasteiger partial charge in [-0.05, 0) is 25.4 Å².